The summed E-state index contributed by atoms with van der Waals surface area (Å²) in [6.07, 6.45) is 2.50. The second-order valence-corrected chi connectivity index (χ2v) is 4.93. The third kappa shape index (κ3) is 3.23. The van der Waals surface area contributed by atoms with Gasteiger partial charge < -0.3 is 10.1 Å². The van der Waals surface area contributed by atoms with Gasteiger partial charge >= 0.3 is 0 Å². The van der Waals surface area contributed by atoms with Crippen molar-refractivity contribution < 1.29 is 13.9 Å². The number of carbonyl (C=O) groups excluding carboxylic acids is 1. The number of carbonyl (C=O) groups is 1. The summed E-state index contributed by atoms with van der Waals surface area (Å²) < 4.78 is 20.8. The zero-order chi connectivity index (χ0) is 16.2. The van der Waals surface area contributed by atoms with E-state index >= 15 is 0 Å². The SMILES string of the molecule is COc1ccc2c(ccn2/C(F)=C/C(=O)Nc2ccccc2)c1. The van der Waals surface area contributed by atoms with E-state index < -0.39 is 11.9 Å². The van der Waals surface area contributed by atoms with Crippen LogP contribution in [-0.4, -0.2) is 17.6 Å². The van der Waals surface area contributed by atoms with E-state index in [1.54, 1.807) is 55.8 Å². The lowest BCUT2D eigenvalue weighted by Crippen LogP contribution is -2.09. The molecular formula is C18H15FN2O2. The van der Waals surface area contributed by atoms with Crippen LogP contribution >= 0.6 is 0 Å². The molecule has 1 amide bonds. The van der Waals surface area contributed by atoms with Crippen molar-refractivity contribution in [2.75, 3.05) is 12.4 Å². The van der Waals surface area contributed by atoms with Gasteiger partial charge in [-0.05, 0) is 36.4 Å². The monoisotopic (exact) mass is 310 g/mol. The number of aromatic nitrogens is 1. The minimum absolute atomic E-state index is 0.524. The molecule has 0 atom stereocenters. The summed E-state index contributed by atoms with van der Waals surface area (Å²) in [5, 5.41) is 3.44. The van der Waals surface area contributed by atoms with Crippen LogP contribution in [0.15, 0.2) is 66.9 Å². The Morgan fingerprint density at radius 1 is 1.17 bits per heavy atom. The standard InChI is InChI=1S/C18H15FN2O2/c1-23-15-7-8-16-13(11-15)9-10-21(16)17(19)12-18(22)20-14-5-3-2-4-6-14/h2-12H,1H3,(H,20,22)/b17-12+. The van der Waals surface area contributed by atoms with E-state index in [4.69, 9.17) is 4.74 Å². The third-order valence-electron chi connectivity index (χ3n) is 3.42. The minimum Gasteiger partial charge on any atom is -0.497 e. The fourth-order valence-electron chi connectivity index (χ4n) is 2.31. The topological polar surface area (TPSA) is 43.3 Å². The molecule has 23 heavy (non-hydrogen) atoms. The fraction of sp³-hybridized carbons (Fsp3) is 0.0556. The van der Waals surface area contributed by atoms with Crippen LogP contribution in [0.2, 0.25) is 0 Å². The second kappa shape index (κ2) is 6.36. The number of anilines is 1. The van der Waals surface area contributed by atoms with Crippen molar-refractivity contribution in [2.45, 2.75) is 0 Å². The highest BCUT2D eigenvalue weighted by Crippen LogP contribution is 2.24. The van der Waals surface area contributed by atoms with Crippen LogP contribution in [-0.2, 0) is 4.79 Å². The molecule has 5 heteroatoms. The second-order valence-electron chi connectivity index (χ2n) is 4.93. The van der Waals surface area contributed by atoms with Gasteiger partial charge in [-0.1, -0.05) is 18.2 Å². The Kier molecular flexibility index (Phi) is 4.10. The molecule has 0 aliphatic rings. The number of halogens is 1. The van der Waals surface area contributed by atoms with E-state index in [1.165, 1.54) is 4.57 Å². The molecule has 4 nitrogen and oxygen atoms in total. The number of benzene rings is 2. The van der Waals surface area contributed by atoms with E-state index in [0.717, 1.165) is 11.5 Å². The first kappa shape index (κ1) is 14.8. The first-order chi connectivity index (χ1) is 11.2. The summed E-state index contributed by atoms with van der Waals surface area (Å²) in [7, 11) is 1.58. The summed E-state index contributed by atoms with van der Waals surface area (Å²) in [6.45, 7) is 0. The molecule has 0 aliphatic heterocycles. The van der Waals surface area contributed by atoms with E-state index in [9.17, 15) is 9.18 Å². The maximum Gasteiger partial charge on any atom is 0.252 e. The highest BCUT2D eigenvalue weighted by molar-refractivity contribution is 6.02. The molecule has 1 N–H and O–H groups in total. The number of hydrogen-bond donors (Lipinski definition) is 1. The summed E-state index contributed by atoms with van der Waals surface area (Å²) >= 11 is 0. The zero-order valence-corrected chi connectivity index (χ0v) is 12.5. The number of nitrogens with zero attached hydrogens (tertiary/aromatic N) is 1. The lowest BCUT2D eigenvalue weighted by atomic mass is 10.2. The molecule has 0 unspecified atom stereocenters. The first-order valence-electron chi connectivity index (χ1n) is 7.06. The lowest BCUT2D eigenvalue weighted by Gasteiger charge is -2.05. The number of amides is 1. The zero-order valence-electron chi connectivity index (χ0n) is 12.5. The van der Waals surface area contributed by atoms with Crippen molar-refractivity contribution in [1.82, 2.24) is 4.57 Å². The predicted octanol–water partition coefficient (Wildman–Crippen LogP) is 4.06. The largest absolute Gasteiger partial charge is 0.497 e. The number of methoxy groups -OCH3 is 1. The molecule has 0 spiro atoms. The molecule has 3 aromatic rings. The Hall–Kier alpha value is -3.08. The quantitative estimate of drug-likeness (QED) is 0.739. The molecule has 0 fully saturated rings. The average molecular weight is 310 g/mol. The Bertz CT molecular complexity index is 869. The Balaban J connectivity index is 1.84. The molecule has 0 radical (unpaired) electrons. The van der Waals surface area contributed by atoms with Crippen LogP contribution in [0.25, 0.3) is 16.9 Å². The summed E-state index contributed by atoms with van der Waals surface area (Å²) in [5.74, 6) is -0.482. The molecule has 1 aromatic heterocycles. The smallest absolute Gasteiger partial charge is 0.252 e. The van der Waals surface area contributed by atoms with Crippen molar-refractivity contribution in [2.24, 2.45) is 0 Å². The van der Waals surface area contributed by atoms with Crippen LogP contribution in [0.4, 0.5) is 10.1 Å². The van der Waals surface area contributed by atoms with Crippen molar-refractivity contribution >= 4 is 28.4 Å². The van der Waals surface area contributed by atoms with Crippen LogP contribution in [0.3, 0.4) is 0 Å². The Morgan fingerprint density at radius 2 is 1.96 bits per heavy atom. The van der Waals surface area contributed by atoms with Gasteiger partial charge in [-0.15, -0.1) is 0 Å². The van der Waals surface area contributed by atoms with E-state index in [-0.39, 0.29) is 0 Å². The number of fused-ring (bicyclic) bond motifs is 1. The number of nitrogens with one attached hydrogen (secondary N) is 1. The van der Waals surface area contributed by atoms with Crippen molar-refractivity contribution in [1.29, 1.82) is 0 Å². The van der Waals surface area contributed by atoms with Crippen LogP contribution < -0.4 is 10.1 Å². The molecule has 0 saturated heterocycles. The number of hydrogen-bond acceptors (Lipinski definition) is 2. The highest BCUT2D eigenvalue weighted by Gasteiger charge is 2.08. The number of ether oxygens (including phenoxy) is 1. The molecule has 3 rings (SSSR count). The summed E-state index contributed by atoms with van der Waals surface area (Å²) in [4.78, 5) is 11.9. The van der Waals surface area contributed by atoms with Gasteiger partial charge in [0, 0.05) is 17.3 Å². The highest BCUT2D eigenvalue weighted by atomic mass is 19.1. The molecule has 1 heterocycles. The normalized spacial score (nSPS) is 11.5. The number of para-hydroxylation sites is 1. The van der Waals surface area contributed by atoms with Gasteiger partial charge in [-0.25, -0.2) is 0 Å². The van der Waals surface area contributed by atoms with Crippen molar-refractivity contribution in [3.8, 4) is 5.75 Å². The maximum atomic E-state index is 14.4. The summed E-state index contributed by atoms with van der Waals surface area (Å²) in [5.41, 5.74) is 1.27. The first-order valence-corrected chi connectivity index (χ1v) is 7.06. The average Bonchev–Trinajstić information content (AvgIpc) is 2.98. The van der Waals surface area contributed by atoms with Gasteiger partial charge in [0.05, 0.1) is 18.7 Å². The Labute approximate surface area is 132 Å². The van der Waals surface area contributed by atoms with Gasteiger partial charge in [0.15, 0.2) is 0 Å². The predicted molar refractivity (Wildman–Crippen MR) is 88.9 cm³/mol. The van der Waals surface area contributed by atoms with Crippen molar-refractivity contribution in [3.05, 3.63) is 66.9 Å². The molecular weight excluding hydrogens is 295 g/mol. The van der Waals surface area contributed by atoms with Crippen LogP contribution in [0, 0.1) is 0 Å². The third-order valence-corrected chi connectivity index (χ3v) is 3.42. The van der Waals surface area contributed by atoms with E-state index in [2.05, 4.69) is 5.32 Å². The van der Waals surface area contributed by atoms with E-state index in [1.807, 2.05) is 12.1 Å². The molecule has 0 bridgehead atoms. The van der Waals surface area contributed by atoms with Crippen LogP contribution in [0.5, 0.6) is 5.75 Å². The molecule has 2 aromatic carbocycles. The van der Waals surface area contributed by atoms with E-state index in [0.29, 0.717) is 17.0 Å². The molecule has 0 aliphatic carbocycles. The maximum absolute atomic E-state index is 14.4. The number of rotatable bonds is 4. The van der Waals surface area contributed by atoms with Gasteiger partial charge in [0.2, 0.25) is 5.95 Å². The Morgan fingerprint density at radius 3 is 2.70 bits per heavy atom. The lowest BCUT2D eigenvalue weighted by molar-refractivity contribution is -0.111. The minimum atomic E-state index is -0.654. The van der Waals surface area contributed by atoms with Gasteiger partial charge in [-0.2, -0.15) is 4.39 Å². The molecule has 116 valence electrons. The fourth-order valence-corrected chi connectivity index (χ4v) is 2.31. The van der Waals surface area contributed by atoms with Crippen LogP contribution in [0.1, 0.15) is 0 Å². The van der Waals surface area contributed by atoms with Crippen molar-refractivity contribution in [3.63, 3.8) is 0 Å². The van der Waals surface area contributed by atoms with Gasteiger partial charge in [-0.3, -0.25) is 9.36 Å². The van der Waals surface area contributed by atoms with Gasteiger partial charge in [0.25, 0.3) is 5.91 Å². The molecule has 0 saturated carbocycles. The van der Waals surface area contributed by atoms with Gasteiger partial charge in [0.1, 0.15) is 5.75 Å². The summed E-state index contributed by atoms with van der Waals surface area (Å²) in [6, 6.07) is 16.0.